The van der Waals surface area contributed by atoms with Gasteiger partial charge in [-0.3, -0.25) is 0 Å². The van der Waals surface area contributed by atoms with Crippen LogP contribution >= 0.6 is 11.6 Å². The fourth-order valence-electron chi connectivity index (χ4n) is 1.71. The molecule has 9 heavy (non-hydrogen) atoms. The molecule has 0 saturated heterocycles. The van der Waals surface area contributed by atoms with E-state index in [9.17, 15) is 0 Å². The van der Waals surface area contributed by atoms with Gasteiger partial charge in [-0.2, -0.15) is 0 Å². The third kappa shape index (κ3) is 1.40. The Bertz CT molecular complexity index is 76.6. The lowest BCUT2D eigenvalue weighted by Crippen LogP contribution is -2.16. The summed E-state index contributed by atoms with van der Waals surface area (Å²) in [7, 11) is 0. The van der Waals surface area contributed by atoms with Crippen molar-refractivity contribution < 1.29 is 0 Å². The molecule has 0 aliphatic heterocycles. The van der Waals surface area contributed by atoms with Crippen molar-refractivity contribution in [2.45, 2.75) is 39.0 Å². The van der Waals surface area contributed by atoms with Crippen molar-refractivity contribution in [2.24, 2.45) is 5.41 Å². The molecule has 0 spiro atoms. The number of hydrogen-bond donors (Lipinski definition) is 0. The molecule has 0 radical (unpaired) electrons. The number of halogens is 1. The van der Waals surface area contributed by atoms with Crippen molar-refractivity contribution in [3.63, 3.8) is 0 Å². The molecular weight excluding hydrogens is 132 g/mol. The van der Waals surface area contributed by atoms with Gasteiger partial charge in [-0.1, -0.05) is 19.8 Å². The highest BCUT2D eigenvalue weighted by Crippen LogP contribution is 2.41. The van der Waals surface area contributed by atoms with Crippen LogP contribution in [-0.2, 0) is 0 Å². The molecule has 1 heteroatoms. The minimum atomic E-state index is 0.543. The van der Waals surface area contributed by atoms with E-state index in [0.29, 0.717) is 5.41 Å². The molecule has 0 N–H and O–H groups in total. The van der Waals surface area contributed by atoms with Crippen LogP contribution in [0.25, 0.3) is 0 Å². The van der Waals surface area contributed by atoms with Gasteiger partial charge in [-0.15, -0.1) is 11.6 Å². The summed E-state index contributed by atoms with van der Waals surface area (Å²) in [4.78, 5) is 0. The maximum absolute atomic E-state index is 5.86. The van der Waals surface area contributed by atoms with Crippen molar-refractivity contribution in [3.8, 4) is 0 Å². The summed E-state index contributed by atoms with van der Waals surface area (Å²) >= 11 is 5.86. The van der Waals surface area contributed by atoms with Crippen molar-refractivity contribution in [2.75, 3.05) is 5.88 Å². The fourth-order valence-corrected chi connectivity index (χ4v) is 2.16. The minimum Gasteiger partial charge on any atom is -0.126 e. The zero-order valence-electron chi connectivity index (χ0n) is 6.12. The molecule has 0 heterocycles. The molecule has 0 aromatic rings. The second-order valence-corrected chi connectivity index (χ2v) is 3.46. The smallest absolute Gasteiger partial charge is 0.0279 e. The molecule has 0 nitrogen and oxygen atoms in total. The summed E-state index contributed by atoms with van der Waals surface area (Å²) in [5.74, 6) is 0.878. The van der Waals surface area contributed by atoms with Crippen molar-refractivity contribution >= 4 is 11.6 Å². The lowest BCUT2D eigenvalue weighted by molar-refractivity contribution is 0.330. The van der Waals surface area contributed by atoms with Crippen LogP contribution in [0.2, 0.25) is 0 Å². The molecule has 0 aromatic carbocycles. The predicted molar refractivity (Wildman–Crippen MR) is 41.9 cm³/mol. The first-order chi connectivity index (χ1) is 4.33. The van der Waals surface area contributed by atoms with Gasteiger partial charge in [0.1, 0.15) is 0 Å². The second-order valence-electron chi connectivity index (χ2n) is 3.19. The summed E-state index contributed by atoms with van der Waals surface area (Å²) in [6, 6.07) is 0. The second kappa shape index (κ2) is 2.92. The van der Waals surface area contributed by atoms with E-state index in [1.165, 1.54) is 32.1 Å². The van der Waals surface area contributed by atoms with Crippen LogP contribution in [0.3, 0.4) is 0 Å². The van der Waals surface area contributed by atoms with E-state index in [0.717, 1.165) is 5.88 Å². The number of hydrogen-bond acceptors (Lipinski definition) is 0. The molecule has 0 aromatic heterocycles. The molecular formula is C8H15Cl. The monoisotopic (exact) mass is 146 g/mol. The quantitative estimate of drug-likeness (QED) is 0.525. The first-order valence-corrected chi connectivity index (χ1v) is 4.42. The molecule has 1 saturated carbocycles. The van der Waals surface area contributed by atoms with Crippen molar-refractivity contribution in [1.82, 2.24) is 0 Å². The lowest BCUT2D eigenvalue weighted by atomic mass is 9.86. The third-order valence-electron chi connectivity index (χ3n) is 2.70. The zero-order chi connectivity index (χ0) is 6.74. The van der Waals surface area contributed by atoms with E-state index in [2.05, 4.69) is 6.92 Å². The van der Waals surface area contributed by atoms with Gasteiger partial charge < -0.3 is 0 Å². The molecule has 1 aliphatic carbocycles. The van der Waals surface area contributed by atoms with Gasteiger partial charge in [0.25, 0.3) is 0 Å². The van der Waals surface area contributed by atoms with E-state index >= 15 is 0 Å². The molecule has 1 aliphatic rings. The highest BCUT2D eigenvalue weighted by atomic mass is 35.5. The van der Waals surface area contributed by atoms with Gasteiger partial charge in [0.05, 0.1) is 0 Å². The molecule has 54 valence electrons. The van der Waals surface area contributed by atoms with Gasteiger partial charge in [-0.05, 0) is 24.7 Å². The molecule has 0 bridgehead atoms. The molecule has 0 atom stereocenters. The van der Waals surface area contributed by atoms with Gasteiger partial charge in [0.2, 0.25) is 0 Å². The Morgan fingerprint density at radius 1 is 1.33 bits per heavy atom. The van der Waals surface area contributed by atoms with Crippen LogP contribution in [0.5, 0.6) is 0 Å². The number of rotatable bonds is 2. The van der Waals surface area contributed by atoms with Crippen LogP contribution in [0.1, 0.15) is 39.0 Å². The Morgan fingerprint density at radius 3 is 2.11 bits per heavy atom. The molecule has 0 unspecified atom stereocenters. The minimum absolute atomic E-state index is 0.543. The summed E-state index contributed by atoms with van der Waals surface area (Å²) in [5, 5.41) is 0. The zero-order valence-corrected chi connectivity index (χ0v) is 6.88. The summed E-state index contributed by atoms with van der Waals surface area (Å²) in [6.45, 7) is 2.26. The molecule has 1 fully saturated rings. The summed E-state index contributed by atoms with van der Waals surface area (Å²) < 4.78 is 0. The van der Waals surface area contributed by atoms with Crippen LogP contribution in [0.4, 0.5) is 0 Å². The van der Waals surface area contributed by atoms with Gasteiger partial charge in [-0.25, -0.2) is 0 Å². The van der Waals surface area contributed by atoms with E-state index in [4.69, 9.17) is 11.6 Å². The average Bonchev–Trinajstić information content (AvgIpc) is 2.36. The van der Waals surface area contributed by atoms with E-state index < -0.39 is 0 Å². The van der Waals surface area contributed by atoms with Crippen molar-refractivity contribution in [1.29, 1.82) is 0 Å². The highest BCUT2D eigenvalue weighted by molar-refractivity contribution is 6.18. The topological polar surface area (TPSA) is 0 Å². The lowest BCUT2D eigenvalue weighted by Gasteiger charge is -2.23. The Kier molecular flexibility index (Phi) is 2.40. The van der Waals surface area contributed by atoms with Gasteiger partial charge in [0, 0.05) is 5.88 Å². The third-order valence-corrected chi connectivity index (χ3v) is 3.26. The maximum atomic E-state index is 5.86. The Hall–Kier alpha value is 0.290. The van der Waals surface area contributed by atoms with E-state index in [-0.39, 0.29) is 0 Å². The first-order valence-electron chi connectivity index (χ1n) is 3.89. The summed E-state index contributed by atoms with van der Waals surface area (Å²) in [5.41, 5.74) is 0.543. The Balaban J connectivity index is 2.45. The normalized spacial score (nSPS) is 24.7. The van der Waals surface area contributed by atoms with E-state index in [1.54, 1.807) is 0 Å². The fraction of sp³-hybridized carbons (Fsp3) is 1.00. The first kappa shape index (κ1) is 7.40. The molecule has 0 amide bonds. The van der Waals surface area contributed by atoms with Crippen LogP contribution < -0.4 is 0 Å². The van der Waals surface area contributed by atoms with Crippen LogP contribution in [0, 0.1) is 5.41 Å². The SMILES string of the molecule is CCC1(CCl)CCCC1. The van der Waals surface area contributed by atoms with Crippen molar-refractivity contribution in [3.05, 3.63) is 0 Å². The Morgan fingerprint density at radius 2 is 1.89 bits per heavy atom. The Labute approximate surface area is 62.6 Å². The highest BCUT2D eigenvalue weighted by Gasteiger charge is 2.30. The van der Waals surface area contributed by atoms with Crippen LogP contribution in [-0.4, -0.2) is 5.88 Å². The summed E-state index contributed by atoms with van der Waals surface area (Å²) in [6.07, 6.45) is 6.82. The largest absolute Gasteiger partial charge is 0.126 e. The average molecular weight is 147 g/mol. The maximum Gasteiger partial charge on any atom is 0.0279 e. The van der Waals surface area contributed by atoms with E-state index in [1.807, 2.05) is 0 Å². The van der Waals surface area contributed by atoms with Crippen LogP contribution in [0.15, 0.2) is 0 Å². The standard InChI is InChI=1S/C8H15Cl/c1-2-8(7-9)5-3-4-6-8/h2-7H2,1H3. The van der Waals surface area contributed by atoms with Gasteiger partial charge >= 0.3 is 0 Å². The number of alkyl halides is 1. The van der Waals surface area contributed by atoms with Gasteiger partial charge in [0.15, 0.2) is 0 Å². The predicted octanol–water partition coefficient (Wildman–Crippen LogP) is 3.20. The molecule has 1 rings (SSSR count).